The number of ether oxygens (including phenoxy) is 10. The standard InChI is InChI=1S/C17H20O2.C14H31N.C9H18O.C6H14O3.2C5H10O.2C4H8O.C2H6O/c1-17(2,13-5-9-15(18-3)10-6-13)14-7-11-16(19-4)12-8-14;1-4-5-6-7-8-9-10-11-12-13-14-15(2)3;1-3-5-6-7-9-10-8-4-2;1-7-4-6(9-3)5-8-2;2*1-3-5-6-4-2;2*1-3-4-5-2;1-2-3/h5-12H,1-4H3;4-14H2,1-3H3;4H,2-3,5-9H2,1H3;6H,4-5H2,1-3H3;2*3H,1,4-5H2,2H3;2*3H,1,4H2,2H3;3H,2H2,1H3. The average Bonchev–Trinajstić information content (AvgIpc) is 3.45. The maximum Gasteiger partial charge on any atom is 0.118 e. The summed E-state index contributed by atoms with van der Waals surface area (Å²) in [6, 6.07) is 16.5. The van der Waals surface area contributed by atoms with Gasteiger partial charge in [-0.3, -0.25) is 0 Å². The normalized spacial score (nSPS) is 9.78. The molecule has 0 bridgehead atoms. The van der Waals surface area contributed by atoms with E-state index in [0.29, 0.717) is 46.2 Å². The van der Waals surface area contributed by atoms with E-state index >= 15 is 0 Å². The van der Waals surface area contributed by atoms with Gasteiger partial charge in [0.25, 0.3) is 0 Å². The van der Waals surface area contributed by atoms with Crippen LogP contribution >= 0.6 is 0 Å². The van der Waals surface area contributed by atoms with Crippen LogP contribution in [0.1, 0.15) is 149 Å². The summed E-state index contributed by atoms with van der Waals surface area (Å²) in [7, 11) is 15.9. The van der Waals surface area contributed by atoms with Gasteiger partial charge in [0.1, 0.15) is 17.6 Å². The van der Waals surface area contributed by atoms with Crippen LogP contribution in [0.15, 0.2) is 112 Å². The van der Waals surface area contributed by atoms with Crippen molar-refractivity contribution in [1.82, 2.24) is 4.90 Å². The summed E-state index contributed by atoms with van der Waals surface area (Å²) >= 11 is 0. The van der Waals surface area contributed by atoms with Crippen molar-refractivity contribution in [3.63, 3.8) is 0 Å². The van der Waals surface area contributed by atoms with Gasteiger partial charge in [0.15, 0.2) is 0 Å². The molecular weight excluding hydrogens is 983 g/mol. The Labute approximate surface area is 482 Å². The van der Waals surface area contributed by atoms with Crippen LogP contribution in [-0.2, 0) is 43.3 Å². The summed E-state index contributed by atoms with van der Waals surface area (Å²) < 4.78 is 49.2. The van der Waals surface area contributed by atoms with E-state index in [1.54, 1.807) is 87.1 Å². The van der Waals surface area contributed by atoms with E-state index < -0.39 is 0 Å². The van der Waals surface area contributed by atoms with Crippen molar-refractivity contribution < 1.29 is 52.5 Å². The predicted octanol–water partition coefficient (Wildman–Crippen LogP) is 15.6. The van der Waals surface area contributed by atoms with Crippen molar-refractivity contribution in [1.29, 1.82) is 0 Å². The smallest absolute Gasteiger partial charge is 0.118 e. The van der Waals surface area contributed by atoms with E-state index in [4.69, 9.17) is 43.0 Å². The second kappa shape index (κ2) is 79.8. The molecule has 0 unspecified atom stereocenters. The van der Waals surface area contributed by atoms with Crippen LogP contribution in [0, 0.1) is 0 Å². The highest BCUT2D eigenvalue weighted by atomic mass is 16.5. The first-order valence-electron chi connectivity index (χ1n) is 28.5. The molecule has 0 amide bonds. The molecular formula is C66H125NO11. The quantitative estimate of drug-likeness (QED) is 0.0513. The summed E-state index contributed by atoms with van der Waals surface area (Å²) in [6.07, 6.45) is 28.2. The first-order chi connectivity index (χ1) is 37.7. The zero-order valence-electron chi connectivity index (χ0n) is 53.5. The van der Waals surface area contributed by atoms with E-state index in [2.05, 4.69) is 113 Å². The van der Waals surface area contributed by atoms with Crippen molar-refractivity contribution in [2.24, 2.45) is 0 Å². The third-order valence-electron chi connectivity index (χ3n) is 10.4. The van der Waals surface area contributed by atoms with Crippen LogP contribution in [0.4, 0.5) is 0 Å². The maximum atomic E-state index is 7.57. The number of benzene rings is 2. The molecule has 2 aromatic carbocycles. The fraction of sp³-hybridized carbons (Fsp3) is 0.667. The first kappa shape index (κ1) is 88.2. The fourth-order valence-corrected chi connectivity index (χ4v) is 6.09. The Balaban J connectivity index is -0.000000154. The topological polar surface area (TPSA) is 116 Å². The molecule has 0 atom stereocenters. The number of hydrogen-bond donors (Lipinski definition) is 1. The lowest BCUT2D eigenvalue weighted by Crippen LogP contribution is -2.22. The number of aliphatic hydroxyl groups is 1. The van der Waals surface area contributed by atoms with E-state index in [1.165, 1.54) is 108 Å². The summed E-state index contributed by atoms with van der Waals surface area (Å²) in [6.45, 7) is 40.4. The molecule has 2 rings (SSSR count). The van der Waals surface area contributed by atoms with Gasteiger partial charge in [-0.05, 0) is 89.6 Å². The SMILES string of the molecule is C=CCOC.C=CCOC.C=CCOCC.C=CCOCC.C=CCOCCCCCC.CCCCCCCCCCCCN(C)C.CCO.COCC(COC)OC.COc1ccc(C(C)(C)c2ccc(OC)cc2)cc1. The molecule has 0 saturated heterocycles. The van der Waals surface area contributed by atoms with Gasteiger partial charge in [0.2, 0.25) is 0 Å². The number of nitrogens with zero attached hydrogens (tertiary/aromatic N) is 1. The number of methoxy groups -OCH3 is 7. The summed E-state index contributed by atoms with van der Waals surface area (Å²) in [4.78, 5) is 2.28. The second-order valence-corrected chi connectivity index (χ2v) is 18.0. The van der Waals surface area contributed by atoms with Crippen LogP contribution in [0.25, 0.3) is 0 Å². The molecule has 78 heavy (non-hydrogen) atoms. The summed E-state index contributed by atoms with van der Waals surface area (Å²) in [5.74, 6) is 1.77. The molecule has 2 aromatic rings. The molecule has 0 aliphatic rings. The van der Waals surface area contributed by atoms with Crippen molar-refractivity contribution in [2.75, 3.05) is 143 Å². The second-order valence-electron chi connectivity index (χ2n) is 18.0. The van der Waals surface area contributed by atoms with E-state index in [1.807, 2.05) is 38.1 Å². The number of aliphatic hydroxyl groups excluding tert-OH is 1. The highest BCUT2D eigenvalue weighted by Crippen LogP contribution is 2.33. The van der Waals surface area contributed by atoms with Gasteiger partial charge in [-0.25, -0.2) is 0 Å². The van der Waals surface area contributed by atoms with Gasteiger partial charge in [0.05, 0.1) is 60.5 Å². The van der Waals surface area contributed by atoms with Crippen LogP contribution in [0.5, 0.6) is 11.5 Å². The van der Waals surface area contributed by atoms with Crippen molar-refractivity contribution in [3.05, 3.63) is 123 Å². The number of hydrogen-bond acceptors (Lipinski definition) is 12. The molecule has 460 valence electrons. The third kappa shape index (κ3) is 76.6. The van der Waals surface area contributed by atoms with E-state index in [-0.39, 0.29) is 18.1 Å². The predicted molar refractivity (Wildman–Crippen MR) is 339 cm³/mol. The van der Waals surface area contributed by atoms with Gasteiger partial charge in [-0.1, -0.05) is 159 Å². The molecule has 0 aromatic heterocycles. The summed E-state index contributed by atoms with van der Waals surface area (Å²) in [5, 5.41) is 7.57. The fourth-order valence-electron chi connectivity index (χ4n) is 6.09. The van der Waals surface area contributed by atoms with E-state index in [0.717, 1.165) is 31.3 Å². The minimum Gasteiger partial charge on any atom is -0.497 e. The first-order valence-corrected chi connectivity index (χ1v) is 28.5. The van der Waals surface area contributed by atoms with Crippen LogP contribution in [0.2, 0.25) is 0 Å². The Morgan fingerprint density at radius 1 is 0.462 bits per heavy atom. The summed E-state index contributed by atoms with van der Waals surface area (Å²) in [5.41, 5.74) is 2.48. The van der Waals surface area contributed by atoms with Crippen molar-refractivity contribution in [3.8, 4) is 11.5 Å². The Hall–Kier alpha value is -3.66. The molecule has 12 heteroatoms. The lowest BCUT2D eigenvalue weighted by molar-refractivity contribution is -0.0178. The molecule has 0 radical (unpaired) electrons. The maximum absolute atomic E-state index is 7.57. The Bertz CT molecular complexity index is 1330. The third-order valence-corrected chi connectivity index (χ3v) is 10.4. The number of rotatable bonds is 37. The molecule has 0 aliphatic carbocycles. The molecule has 0 heterocycles. The molecule has 0 saturated carbocycles. The zero-order valence-corrected chi connectivity index (χ0v) is 53.5. The molecule has 0 spiro atoms. The van der Waals surface area contributed by atoms with Crippen LogP contribution < -0.4 is 9.47 Å². The molecule has 1 N–H and O–H groups in total. The average molecular weight is 1110 g/mol. The van der Waals surface area contributed by atoms with Gasteiger partial charge >= 0.3 is 0 Å². The Morgan fingerprint density at radius 3 is 1.03 bits per heavy atom. The van der Waals surface area contributed by atoms with Crippen LogP contribution in [0.3, 0.4) is 0 Å². The van der Waals surface area contributed by atoms with Crippen molar-refractivity contribution >= 4 is 0 Å². The van der Waals surface area contributed by atoms with Crippen molar-refractivity contribution in [2.45, 2.75) is 150 Å². The Morgan fingerprint density at radius 2 is 0.782 bits per heavy atom. The zero-order chi connectivity index (χ0) is 60.6. The lowest BCUT2D eigenvalue weighted by Gasteiger charge is -2.26. The minimum absolute atomic E-state index is 0.0431. The largest absolute Gasteiger partial charge is 0.497 e. The Kier molecular flexibility index (Phi) is 90.2. The number of unbranched alkanes of at least 4 members (excludes halogenated alkanes) is 12. The van der Waals surface area contributed by atoms with Crippen LogP contribution in [-0.4, -0.2) is 159 Å². The van der Waals surface area contributed by atoms with Gasteiger partial charge in [0, 0.05) is 67.4 Å². The lowest BCUT2D eigenvalue weighted by atomic mass is 9.78. The highest BCUT2D eigenvalue weighted by molar-refractivity contribution is 5.41. The van der Waals surface area contributed by atoms with Gasteiger partial charge in [-0.15, -0.1) is 32.9 Å². The monoisotopic (exact) mass is 1110 g/mol. The van der Waals surface area contributed by atoms with E-state index in [9.17, 15) is 0 Å². The highest BCUT2D eigenvalue weighted by Gasteiger charge is 2.23. The van der Waals surface area contributed by atoms with Gasteiger partial charge in [-0.2, -0.15) is 0 Å². The molecule has 0 fully saturated rings. The molecule has 12 nitrogen and oxygen atoms in total. The van der Waals surface area contributed by atoms with Gasteiger partial charge < -0.3 is 57.4 Å². The minimum atomic E-state index is -0.0431. The molecule has 0 aliphatic heterocycles.